The first-order valence-corrected chi connectivity index (χ1v) is 9.34. The zero-order valence-electron chi connectivity index (χ0n) is 15.7. The van der Waals surface area contributed by atoms with Gasteiger partial charge in [0.15, 0.2) is 5.82 Å². The molecule has 1 unspecified atom stereocenters. The Morgan fingerprint density at radius 3 is 2.80 bits per heavy atom. The van der Waals surface area contributed by atoms with Crippen LogP contribution < -0.4 is 10.4 Å². The van der Waals surface area contributed by atoms with Gasteiger partial charge in [0.25, 0.3) is 5.92 Å². The van der Waals surface area contributed by atoms with Crippen molar-refractivity contribution in [3.63, 3.8) is 0 Å². The minimum absolute atomic E-state index is 0.0519. The van der Waals surface area contributed by atoms with E-state index >= 15 is 8.78 Å². The highest BCUT2D eigenvalue weighted by Crippen LogP contribution is 2.39. The fourth-order valence-corrected chi connectivity index (χ4v) is 3.77. The van der Waals surface area contributed by atoms with Crippen molar-refractivity contribution in [2.45, 2.75) is 24.8 Å². The van der Waals surface area contributed by atoms with E-state index in [2.05, 4.69) is 20.5 Å². The molecule has 1 aliphatic rings. The number of nitrogens with one attached hydrogen (secondary N) is 1. The molecule has 1 fully saturated rings. The van der Waals surface area contributed by atoms with Crippen molar-refractivity contribution < 1.29 is 23.1 Å². The van der Waals surface area contributed by atoms with E-state index < -0.39 is 29.8 Å². The van der Waals surface area contributed by atoms with Gasteiger partial charge in [0, 0.05) is 31.4 Å². The van der Waals surface area contributed by atoms with Crippen LogP contribution in [-0.2, 0) is 6.42 Å². The van der Waals surface area contributed by atoms with E-state index in [9.17, 15) is 14.3 Å². The molecule has 4 rings (SSSR count). The van der Waals surface area contributed by atoms with Gasteiger partial charge in [-0.25, -0.2) is 18.2 Å². The number of hydrogen-bond acceptors (Lipinski definition) is 6. The number of amides is 1. The maximum atomic E-state index is 15.4. The lowest BCUT2D eigenvalue weighted by atomic mass is 9.83. The topological polar surface area (TPSA) is 98.5 Å². The molecular formula is C19H18F3N6O2-. The second-order valence-electron chi connectivity index (χ2n) is 7.18. The molecule has 3 heterocycles. The predicted molar refractivity (Wildman–Crippen MR) is 98.3 cm³/mol. The van der Waals surface area contributed by atoms with Crippen LogP contribution in [0.3, 0.4) is 0 Å². The molecule has 2 atom stereocenters. The van der Waals surface area contributed by atoms with Crippen molar-refractivity contribution in [3.05, 3.63) is 54.4 Å². The average molecular weight is 419 g/mol. The number of piperidine rings is 1. The second-order valence-corrected chi connectivity index (χ2v) is 7.18. The minimum Gasteiger partial charge on any atom is -0.530 e. The van der Waals surface area contributed by atoms with Crippen LogP contribution in [0.25, 0.3) is 5.65 Å². The summed E-state index contributed by atoms with van der Waals surface area (Å²) in [6.45, 7) is -0.216. The Labute approximate surface area is 169 Å². The normalized spacial score (nSPS) is 21.0. The van der Waals surface area contributed by atoms with Crippen LogP contribution in [0.4, 0.5) is 23.8 Å². The summed E-state index contributed by atoms with van der Waals surface area (Å²) < 4.78 is 45.5. The molecule has 1 amide bonds. The summed E-state index contributed by atoms with van der Waals surface area (Å²) in [7, 11) is 0. The van der Waals surface area contributed by atoms with E-state index in [1.165, 1.54) is 24.7 Å². The van der Waals surface area contributed by atoms with E-state index in [1.807, 2.05) is 0 Å². The monoisotopic (exact) mass is 419 g/mol. The molecule has 0 spiro atoms. The van der Waals surface area contributed by atoms with Crippen molar-refractivity contribution in [1.82, 2.24) is 24.5 Å². The third-order valence-electron chi connectivity index (χ3n) is 5.39. The van der Waals surface area contributed by atoms with Crippen LogP contribution in [0.1, 0.15) is 12.0 Å². The largest absolute Gasteiger partial charge is 0.530 e. The van der Waals surface area contributed by atoms with Crippen molar-refractivity contribution in [2.75, 3.05) is 18.4 Å². The number of nitrogens with zero attached hydrogens (tertiary/aromatic N) is 5. The first kappa shape index (κ1) is 19.9. The smallest absolute Gasteiger partial charge is 0.272 e. The molecule has 11 heteroatoms. The van der Waals surface area contributed by atoms with Crippen LogP contribution in [0.2, 0.25) is 0 Å². The summed E-state index contributed by atoms with van der Waals surface area (Å²) in [5, 5.41) is 22.0. The molecular weight excluding hydrogens is 401 g/mol. The van der Waals surface area contributed by atoms with Gasteiger partial charge in [0.1, 0.15) is 18.2 Å². The lowest BCUT2D eigenvalue weighted by molar-refractivity contribution is -0.279. The second kappa shape index (κ2) is 7.81. The molecule has 30 heavy (non-hydrogen) atoms. The standard InChI is InChI=1S/C19H19F3N6O2/c20-14-3-1-12(2-4-14)9-15-19(21,22)13(5-7-28(15)18(29)30)10-24-16-17-26-25-11-27(17)8-6-23-16/h1-4,6,8,11,13,15H,5,7,9-10H2,(H,23,24)(H,29,30)/p-1/t13?,15-/m1/s1. The fourth-order valence-electron chi connectivity index (χ4n) is 3.77. The maximum Gasteiger partial charge on any atom is 0.272 e. The number of hydrogen-bond donors (Lipinski definition) is 1. The Morgan fingerprint density at radius 1 is 1.30 bits per heavy atom. The first-order valence-electron chi connectivity index (χ1n) is 9.34. The highest BCUT2D eigenvalue weighted by molar-refractivity contribution is 5.64. The number of anilines is 1. The molecule has 8 nitrogen and oxygen atoms in total. The van der Waals surface area contributed by atoms with Gasteiger partial charge in [-0.1, -0.05) is 12.1 Å². The van der Waals surface area contributed by atoms with Crippen LogP contribution in [-0.4, -0.2) is 55.6 Å². The van der Waals surface area contributed by atoms with Gasteiger partial charge in [-0.15, -0.1) is 10.2 Å². The van der Waals surface area contributed by atoms with Crippen LogP contribution in [0.15, 0.2) is 43.0 Å². The van der Waals surface area contributed by atoms with Crippen LogP contribution in [0.5, 0.6) is 0 Å². The van der Waals surface area contributed by atoms with E-state index in [0.29, 0.717) is 21.9 Å². The number of benzene rings is 1. The van der Waals surface area contributed by atoms with Gasteiger partial charge in [-0.3, -0.25) is 4.40 Å². The minimum atomic E-state index is -3.35. The maximum absolute atomic E-state index is 15.4. The molecule has 0 aliphatic carbocycles. The number of carbonyl (C=O) groups is 1. The highest BCUT2D eigenvalue weighted by Gasteiger charge is 2.52. The SMILES string of the molecule is O=C([O-])N1CCC(CNc2nccn3cnnc23)C(F)(F)[C@H]1Cc1ccc(F)cc1. The average Bonchev–Trinajstić information content (AvgIpc) is 3.19. The van der Waals surface area contributed by atoms with Gasteiger partial charge < -0.3 is 20.1 Å². The molecule has 1 saturated heterocycles. The van der Waals surface area contributed by atoms with E-state index in [4.69, 9.17) is 0 Å². The number of fused-ring (bicyclic) bond motifs is 1. The Hall–Kier alpha value is -3.37. The zero-order valence-corrected chi connectivity index (χ0v) is 15.7. The number of alkyl halides is 2. The van der Waals surface area contributed by atoms with Gasteiger partial charge in [0.05, 0.1) is 6.04 Å². The molecule has 0 bridgehead atoms. The predicted octanol–water partition coefficient (Wildman–Crippen LogP) is 1.59. The lowest BCUT2D eigenvalue weighted by Gasteiger charge is -2.46. The first-order chi connectivity index (χ1) is 14.4. The van der Waals surface area contributed by atoms with Crippen molar-refractivity contribution in [1.29, 1.82) is 0 Å². The van der Waals surface area contributed by atoms with Gasteiger partial charge >= 0.3 is 0 Å². The fraction of sp³-hybridized carbons (Fsp3) is 0.368. The summed E-state index contributed by atoms with van der Waals surface area (Å²) in [5.74, 6) is -4.69. The summed E-state index contributed by atoms with van der Waals surface area (Å²) in [6.07, 6.45) is 2.63. The van der Waals surface area contributed by atoms with Crippen LogP contribution >= 0.6 is 0 Å². The summed E-state index contributed by atoms with van der Waals surface area (Å²) in [6, 6.07) is 3.44. The van der Waals surface area contributed by atoms with Gasteiger partial charge in [-0.2, -0.15) is 0 Å². The molecule has 1 aromatic carbocycles. The number of carbonyl (C=O) groups excluding carboxylic acids is 1. The highest BCUT2D eigenvalue weighted by atomic mass is 19.3. The van der Waals surface area contributed by atoms with Crippen molar-refractivity contribution >= 4 is 17.6 Å². The number of aromatic nitrogens is 4. The van der Waals surface area contributed by atoms with Crippen molar-refractivity contribution in [2.24, 2.45) is 5.92 Å². The zero-order chi connectivity index (χ0) is 21.3. The van der Waals surface area contributed by atoms with Gasteiger partial charge in [0.2, 0.25) is 5.65 Å². The Balaban J connectivity index is 1.54. The van der Waals surface area contributed by atoms with E-state index in [-0.39, 0.29) is 25.9 Å². The summed E-state index contributed by atoms with van der Waals surface area (Å²) in [4.78, 5) is 16.3. The quantitative estimate of drug-likeness (QED) is 0.675. The van der Waals surface area contributed by atoms with Crippen LogP contribution in [0, 0.1) is 11.7 Å². The van der Waals surface area contributed by atoms with E-state index in [1.54, 1.807) is 10.6 Å². The third kappa shape index (κ3) is 3.74. The van der Waals surface area contributed by atoms with Gasteiger partial charge in [-0.05, 0) is 30.5 Å². The molecule has 1 N–H and O–H groups in total. The third-order valence-corrected chi connectivity index (χ3v) is 5.39. The molecule has 1 aliphatic heterocycles. The number of halogens is 3. The molecule has 3 aromatic rings. The number of carboxylic acid groups (broad SMARTS) is 1. The lowest BCUT2D eigenvalue weighted by Crippen LogP contribution is -2.63. The Morgan fingerprint density at radius 2 is 2.07 bits per heavy atom. The number of likely N-dealkylation sites (tertiary alicyclic amines) is 1. The Kier molecular flexibility index (Phi) is 5.18. The molecule has 0 radical (unpaired) electrons. The molecule has 158 valence electrons. The summed E-state index contributed by atoms with van der Waals surface area (Å²) >= 11 is 0. The Bertz CT molecular complexity index is 1040. The number of rotatable bonds is 5. The molecule has 0 saturated carbocycles. The van der Waals surface area contributed by atoms with Crippen molar-refractivity contribution in [3.8, 4) is 0 Å². The van der Waals surface area contributed by atoms with E-state index in [0.717, 1.165) is 12.1 Å². The molecule has 2 aromatic heterocycles. The summed E-state index contributed by atoms with van der Waals surface area (Å²) in [5.41, 5.74) is 0.812.